The van der Waals surface area contributed by atoms with Crippen molar-refractivity contribution in [2.75, 3.05) is 7.11 Å². The highest BCUT2D eigenvalue weighted by molar-refractivity contribution is 6.14. The van der Waals surface area contributed by atoms with E-state index >= 15 is 0 Å². The van der Waals surface area contributed by atoms with E-state index in [0.717, 1.165) is 5.56 Å². The van der Waals surface area contributed by atoms with E-state index in [9.17, 15) is 14.4 Å². The molecule has 0 aliphatic carbocycles. The molecule has 0 atom stereocenters. The van der Waals surface area contributed by atoms with Crippen molar-refractivity contribution in [2.45, 2.75) is 13.5 Å². The van der Waals surface area contributed by atoms with Gasteiger partial charge in [0.15, 0.2) is 5.78 Å². The van der Waals surface area contributed by atoms with Crippen molar-refractivity contribution in [3.8, 4) is 0 Å². The third kappa shape index (κ3) is 4.76. The Bertz CT molecular complexity index is 1030. The minimum atomic E-state index is -0.585. The van der Waals surface area contributed by atoms with E-state index in [2.05, 4.69) is 4.74 Å². The maximum atomic E-state index is 12.8. The normalized spacial score (nSPS) is 10.3. The van der Waals surface area contributed by atoms with Crippen LogP contribution in [0.25, 0.3) is 0 Å². The van der Waals surface area contributed by atoms with Crippen LogP contribution in [-0.4, -0.2) is 24.8 Å². The van der Waals surface area contributed by atoms with Crippen LogP contribution in [0.15, 0.2) is 72.8 Å². The van der Waals surface area contributed by atoms with Crippen LogP contribution in [0.3, 0.4) is 0 Å². The van der Waals surface area contributed by atoms with E-state index in [4.69, 9.17) is 4.74 Å². The van der Waals surface area contributed by atoms with Gasteiger partial charge in [0.2, 0.25) is 0 Å². The molecule has 146 valence electrons. The molecule has 0 aliphatic heterocycles. The lowest BCUT2D eigenvalue weighted by Gasteiger charge is -2.10. The summed E-state index contributed by atoms with van der Waals surface area (Å²) in [7, 11) is 1.31. The highest BCUT2D eigenvalue weighted by atomic mass is 16.5. The largest absolute Gasteiger partial charge is 0.465 e. The average Bonchev–Trinajstić information content (AvgIpc) is 2.77. The number of carbonyl (C=O) groups excluding carboxylic acids is 3. The molecule has 29 heavy (non-hydrogen) atoms. The molecule has 0 N–H and O–H groups in total. The standard InChI is InChI=1S/C24H20O5/c1-16-7-11-18(12-8-16)22(25)20-5-3-4-6-21(20)24(27)29-15-17-9-13-19(14-10-17)23(26)28-2/h3-14H,15H2,1-2H3. The van der Waals surface area contributed by atoms with Crippen molar-refractivity contribution in [1.29, 1.82) is 0 Å². The summed E-state index contributed by atoms with van der Waals surface area (Å²) in [5.41, 5.74) is 3.19. The van der Waals surface area contributed by atoms with Crippen molar-refractivity contribution < 1.29 is 23.9 Å². The van der Waals surface area contributed by atoms with Gasteiger partial charge in [-0.3, -0.25) is 4.79 Å². The van der Waals surface area contributed by atoms with Crippen LogP contribution in [0.1, 0.15) is 47.8 Å². The molecule has 3 aromatic carbocycles. The quantitative estimate of drug-likeness (QED) is 0.463. The molecule has 3 aromatic rings. The number of aryl methyl sites for hydroxylation is 1. The molecule has 0 heterocycles. The van der Waals surface area contributed by atoms with Gasteiger partial charge < -0.3 is 9.47 Å². The number of methoxy groups -OCH3 is 1. The fourth-order valence-corrected chi connectivity index (χ4v) is 2.80. The smallest absolute Gasteiger partial charge is 0.339 e. The first kappa shape index (κ1) is 20.0. The molecule has 0 bridgehead atoms. The average molecular weight is 388 g/mol. The van der Waals surface area contributed by atoms with Crippen molar-refractivity contribution in [3.05, 3.63) is 106 Å². The van der Waals surface area contributed by atoms with Gasteiger partial charge in [-0.15, -0.1) is 0 Å². The third-order valence-corrected chi connectivity index (χ3v) is 4.45. The Labute approximate surface area is 168 Å². The van der Waals surface area contributed by atoms with Crippen molar-refractivity contribution in [3.63, 3.8) is 0 Å². The number of esters is 2. The molecule has 5 nitrogen and oxygen atoms in total. The van der Waals surface area contributed by atoms with Crippen LogP contribution in [0, 0.1) is 6.92 Å². The van der Waals surface area contributed by atoms with Crippen LogP contribution in [0.5, 0.6) is 0 Å². The molecule has 0 spiro atoms. The number of benzene rings is 3. The number of ether oxygens (including phenoxy) is 2. The second-order valence-corrected chi connectivity index (χ2v) is 6.51. The van der Waals surface area contributed by atoms with E-state index in [1.165, 1.54) is 7.11 Å². The molecule has 3 rings (SSSR count). The Balaban J connectivity index is 1.74. The predicted octanol–water partition coefficient (Wildman–Crippen LogP) is 4.37. The summed E-state index contributed by atoms with van der Waals surface area (Å²) in [5, 5.41) is 0. The second-order valence-electron chi connectivity index (χ2n) is 6.51. The zero-order valence-electron chi connectivity index (χ0n) is 16.2. The summed E-state index contributed by atoms with van der Waals surface area (Å²) >= 11 is 0. The Kier molecular flexibility index (Phi) is 6.19. The van der Waals surface area contributed by atoms with Crippen LogP contribution in [-0.2, 0) is 16.1 Å². The van der Waals surface area contributed by atoms with Crippen molar-refractivity contribution >= 4 is 17.7 Å². The summed E-state index contributed by atoms with van der Waals surface area (Å²) in [4.78, 5) is 36.9. The van der Waals surface area contributed by atoms with Gasteiger partial charge in [-0.05, 0) is 30.7 Å². The first-order chi connectivity index (χ1) is 14.0. The summed E-state index contributed by atoms with van der Waals surface area (Å²) < 4.78 is 10.0. The Morgan fingerprint density at radius 3 is 1.93 bits per heavy atom. The van der Waals surface area contributed by atoms with Crippen LogP contribution >= 0.6 is 0 Å². The molecule has 0 aliphatic rings. The van der Waals surface area contributed by atoms with E-state index in [0.29, 0.717) is 22.3 Å². The summed E-state index contributed by atoms with van der Waals surface area (Å²) in [5.74, 6) is -1.25. The van der Waals surface area contributed by atoms with Gasteiger partial charge in [0, 0.05) is 11.1 Å². The summed E-state index contributed by atoms with van der Waals surface area (Å²) in [6.45, 7) is 1.96. The highest BCUT2D eigenvalue weighted by Gasteiger charge is 2.19. The minimum absolute atomic E-state index is 0.0212. The van der Waals surface area contributed by atoms with E-state index in [1.54, 1.807) is 60.7 Å². The van der Waals surface area contributed by atoms with Crippen LogP contribution in [0.2, 0.25) is 0 Å². The Hall–Kier alpha value is -3.73. The molecule has 0 unspecified atom stereocenters. The molecule has 0 saturated heterocycles. The maximum absolute atomic E-state index is 12.8. The molecular formula is C24H20O5. The van der Waals surface area contributed by atoms with Gasteiger partial charge in [-0.25, -0.2) is 9.59 Å². The number of hydrogen-bond acceptors (Lipinski definition) is 5. The fraction of sp³-hybridized carbons (Fsp3) is 0.125. The minimum Gasteiger partial charge on any atom is -0.465 e. The van der Waals surface area contributed by atoms with Gasteiger partial charge in [0.1, 0.15) is 6.61 Å². The molecule has 0 fully saturated rings. The Morgan fingerprint density at radius 2 is 1.31 bits per heavy atom. The molecule has 0 radical (unpaired) electrons. The van der Waals surface area contributed by atoms with Gasteiger partial charge in [0.25, 0.3) is 0 Å². The zero-order chi connectivity index (χ0) is 20.8. The van der Waals surface area contributed by atoms with E-state index in [-0.39, 0.29) is 18.0 Å². The van der Waals surface area contributed by atoms with Gasteiger partial charge in [-0.2, -0.15) is 0 Å². The van der Waals surface area contributed by atoms with Gasteiger partial charge >= 0.3 is 11.9 Å². The van der Waals surface area contributed by atoms with Crippen LogP contribution < -0.4 is 0 Å². The third-order valence-electron chi connectivity index (χ3n) is 4.45. The molecule has 5 heteroatoms. The van der Waals surface area contributed by atoms with E-state index in [1.807, 2.05) is 19.1 Å². The monoisotopic (exact) mass is 388 g/mol. The summed E-state index contributed by atoms with van der Waals surface area (Å²) in [6, 6.07) is 20.3. The zero-order valence-corrected chi connectivity index (χ0v) is 16.2. The van der Waals surface area contributed by atoms with Crippen molar-refractivity contribution in [1.82, 2.24) is 0 Å². The fourth-order valence-electron chi connectivity index (χ4n) is 2.80. The highest BCUT2D eigenvalue weighted by Crippen LogP contribution is 2.17. The van der Waals surface area contributed by atoms with Crippen molar-refractivity contribution in [2.24, 2.45) is 0 Å². The van der Waals surface area contributed by atoms with Gasteiger partial charge in [-0.1, -0.05) is 60.2 Å². The SMILES string of the molecule is COC(=O)c1ccc(COC(=O)c2ccccc2C(=O)c2ccc(C)cc2)cc1. The molecule has 0 amide bonds. The topological polar surface area (TPSA) is 69.7 Å². The number of rotatable bonds is 6. The molecule has 0 aromatic heterocycles. The lowest BCUT2D eigenvalue weighted by molar-refractivity contribution is 0.0469. The Morgan fingerprint density at radius 1 is 0.724 bits per heavy atom. The lowest BCUT2D eigenvalue weighted by Crippen LogP contribution is -2.12. The first-order valence-corrected chi connectivity index (χ1v) is 9.04. The molecule has 0 saturated carbocycles. The number of ketones is 1. The molecular weight excluding hydrogens is 368 g/mol. The first-order valence-electron chi connectivity index (χ1n) is 9.04. The van der Waals surface area contributed by atoms with Gasteiger partial charge in [0.05, 0.1) is 18.2 Å². The summed E-state index contributed by atoms with van der Waals surface area (Å²) in [6.07, 6.45) is 0. The van der Waals surface area contributed by atoms with Crippen LogP contribution in [0.4, 0.5) is 0 Å². The second kappa shape index (κ2) is 8.97. The van der Waals surface area contributed by atoms with E-state index < -0.39 is 11.9 Å². The lowest BCUT2D eigenvalue weighted by atomic mass is 9.98. The predicted molar refractivity (Wildman–Crippen MR) is 108 cm³/mol. The number of hydrogen-bond donors (Lipinski definition) is 0. The maximum Gasteiger partial charge on any atom is 0.339 e. The number of carbonyl (C=O) groups is 3.